The molecule has 1 aliphatic heterocycles. The first-order valence-electron chi connectivity index (χ1n) is 6.82. The maximum Gasteiger partial charge on any atom is 0.318 e. The van der Waals surface area contributed by atoms with Crippen LogP contribution >= 0.6 is 0 Å². The monoisotopic (exact) mass is 284 g/mol. The highest BCUT2D eigenvalue weighted by Crippen LogP contribution is 2.44. The number of benzene rings is 2. The summed E-state index contributed by atoms with van der Waals surface area (Å²) in [6.07, 6.45) is 0. The minimum atomic E-state index is -0.456. The van der Waals surface area contributed by atoms with Gasteiger partial charge in [-0.2, -0.15) is 0 Å². The summed E-state index contributed by atoms with van der Waals surface area (Å²) in [5.74, 6) is 0.660. The number of carbonyl (C=O) groups excluding carboxylic acids is 1. The second-order valence-corrected chi connectivity index (χ2v) is 4.77. The van der Waals surface area contributed by atoms with Crippen LogP contribution in [-0.2, 0) is 14.3 Å². The Morgan fingerprint density at radius 2 is 1.57 bits per heavy atom. The molecule has 0 atom stereocenters. The molecular weight excluding hydrogens is 268 g/mol. The van der Waals surface area contributed by atoms with Crippen molar-refractivity contribution < 1.29 is 19.0 Å². The van der Waals surface area contributed by atoms with E-state index in [0.717, 1.165) is 11.1 Å². The Morgan fingerprint density at radius 1 is 1.00 bits per heavy atom. The average Bonchev–Trinajstić information content (AvgIpc) is 2.52. The van der Waals surface area contributed by atoms with E-state index in [1.54, 1.807) is 7.11 Å². The van der Waals surface area contributed by atoms with Gasteiger partial charge in [-0.25, -0.2) is 0 Å². The molecule has 0 amide bonds. The molecule has 0 saturated carbocycles. The summed E-state index contributed by atoms with van der Waals surface area (Å²) in [5.41, 5.74) is 1.66. The third-order valence-corrected chi connectivity index (χ3v) is 3.45. The van der Waals surface area contributed by atoms with Crippen LogP contribution < -0.4 is 4.74 Å². The van der Waals surface area contributed by atoms with E-state index < -0.39 is 5.92 Å². The fraction of sp³-hybridized carbons (Fsp3) is 0.235. The second-order valence-electron chi connectivity index (χ2n) is 4.77. The van der Waals surface area contributed by atoms with Gasteiger partial charge in [0.1, 0.15) is 24.0 Å². The van der Waals surface area contributed by atoms with Crippen molar-refractivity contribution in [3.63, 3.8) is 0 Å². The summed E-state index contributed by atoms with van der Waals surface area (Å²) in [5, 5.41) is 0. The van der Waals surface area contributed by atoms with E-state index in [1.165, 1.54) is 0 Å². The van der Waals surface area contributed by atoms with Gasteiger partial charge in [-0.05, 0) is 12.1 Å². The minimum Gasteiger partial charge on any atom is -0.463 e. The van der Waals surface area contributed by atoms with Crippen LogP contribution in [0.15, 0.2) is 48.5 Å². The van der Waals surface area contributed by atoms with Crippen LogP contribution in [0.5, 0.6) is 11.5 Å². The van der Waals surface area contributed by atoms with Gasteiger partial charge in [-0.15, -0.1) is 0 Å². The van der Waals surface area contributed by atoms with Crippen molar-refractivity contribution in [1.29, 1.82) is 0 Å². The Hall–Kier alpha value is -2.33. The molecule has 2 aromatic rings. The number of hydrogen-bond donors (Lipinski definition) is 0. The largest absolute Gasteiger partial charge is 0.463 e. The molecule has 0 spiro atoms. The fourth-order valence-corrected chi connectivity index (χ4v) is 2.47. The first kappa shape index (κ1) is 13.6. The van der Waals surface area contributed by atoms with Crippen molar-refractivity contribution in [2.24, 2.45) is 0 Å². The van der Waals surface area contributed by atoms with Crippen LogP contribution in [0.25, 0.3) is 0 Å². The summed E-state index contributed by atoms with van der Waals surface area (Å²) in [6.45, 7) is 0.634. The molecule has 0 unspecified atom stereocenters. The van der Waals surface area contributed by atoms with Gasteiger partial charge in [-0.1, -0.05) is 36.4 Å². The molecule has 1 aliphatic rings. The van der Waals surface area contributed by atoms with Gasteiger partial charge in [0.2, 0.25) is 0 Å². The summed E-state index contributed by atoms with van der Waals surface area (Å²) in [6, 6.07) is 15.1. The van der Waals surface area contributed by atoms with Crippen molar-refractivity contribution in [2.75, 3.05) is 20.3 Å². The zero-order chi connectivity index (χ0) is 14.7. The first-order chi connectivity index (χ1) is 10.3. The number of carbonyl (C=O) groups is 1. The normalized spacial score (nSPS) is 13.0. The summed E-state index contributed by atoms with van der Waals surface area (Å²) in [4.78, 5) is 12.5. The molecule has 0 aromatic heterocycles. The van der Waals surface area contributed by atoms with Crippen molar-refractivity contribution in [2.45, 2.75) is 5.92 Å². The molecule has 3 rings (SSSR count). The van der Waals surface area contributed by atoms with E-state index in [4.69, 9.17) is 14.2 Å². The molecular formula is C17H16O4. The number of para-hydroxylation sites is 2. The lowest BCUT2D eigenvalue weighted by molar-refractivity contribution is -0.145. The number of ether oxygens (including phenoxy) is 3. The molecule has 0 fully saturated rings. The molecule has 0 bridgehead atoms. The van der Waals surface area contributed by atoms with Crippen molar-refractivity contribution in [3.8, 4) is 11.5 Å². The van der Waals surface area contributed by atoms with Crippen LogP contribution in [0.2, 0.25) is 0 Å². The van der Waals surface area contributed by atoms with E-state index in [9.17, 15) is 4.79 Å². The van der Waals surface area contributed by atoms with E-state index in [-0.39, 0.29) is 12.6 Å². The summed E-state index contributed by atoms with van der Waals surface area (Å²) in [7, 11) is 1.58. The van der Waals surface area contributed by atoms with Crippen molar-refractivity contribution in [1.82, 2.24) is 0 Å². The Balaban J connectivity index is 1.96. The zero-order valence-electron chi connectivity index (χ0n) is 11.7. The maximum atomic E-state index is 12.5. The molecule has 4 nitrogen and oxygen atoms in total. The van der Waals surface area contributed by atoms with Gasteiger partial charge in [0.05, 0.1) is 6.61 Å². The Labute approximate surface area is 123 Å². The van der Waals surface area contributed by atoms with Gasteiger partial charge in [0, 0.05) is 18.2 Å². The molecule has 2 aromatic carbocycles. The standard InChI is InChI=1S/C17H16O4/c1-19-10-11-20-17(18)16-12-6-2-4-8-14(12)21-15-9-5-3-7-13(15)16/h2-9,16H,10-11H2,1H3. The van der Waals surface area contributed by atoms with Crippen molar-refractivity contribution >= 4 is 5.97 Å². The van der Waals surface area contributed by atoms with Gasteiger partial charge in [-0.3, -0.25) is 4.79 Å². The highest BCUT2D eigenvalue weighted by molar-refractivity contribution is 5.85. The number of esters is 1. The van der Waals surface area contributed by atoms with Crippen LogP contribution in [0.1, 0.15) is 17.0 Å². The highest BCUT2D eigenvalue weighted by Gasteiger charge is 2.33. The Bertz CT molecular complexity index is 605. The molecule has 1 heterocycles. The average molecular weight is 284 g/mol. The number of hydrogen-bond acceptors (Lipinski definition) is 4. The molecule has 0 aliphatic carbocycles. The summed E-state index contributed by atoms with van der Waals surface area (Å²) < 4.78 is 16.1. The number of methoxy groups -OCH3 is 1. The lowest BCUT2D eigenvalue weighted by Crippen LogP contribution is -2.22. The lowest BCUT2D eigenvalue weighted by Gasteiger charge is -2.26. The molecule has 4 heteroatoms. The molecule has 0 saturated heterocycles. The van der Waals surface area contributed by atoms with Crippen LogP contribution in [0, 0.1) is 0 Å². The SMILES string of the molecule is COCCOC(=O)C1c2ccccc2Oc2ccccc21. The Kier molecular flexibility index (Phi) is 3.88. The zero-order valence-corrected chi connectivity index (χ0v) is 11.7. The molecule has 0 radical (unpaired) electrons. The maximum absolute atomic E-state index is 12.5. The van der Waals surface area contributed by atoms with Gasteiger partial charge < -0.3 is 14.2 Å². The van der Waals surface area contributed by atoms with E-state index in [1.807, 2.05) is 48.5 Å². The number of fused-ring (bicyclic) bond motifs is 2. The predicted molar refractivity (Wildman–Crippen MR) is 77.6 cm³/mol. The third-order valence-electron chi connectivity index (χ3n) is 3.45. The van der Waals surface area contributed by atoms with Gasteiger partial charge in [0.25, 0.3) is 0 Å². The minimum absolute atomic E-state index is 0.247. The number of rotatable bonds is 4. The first-order valence-corrected chi connectivity index (χ1v) is 6.82. The Morgan fingerprint density at radius 3 is 2.14 bits per heavy atom. The van der Waals surface area contributed by atoms with Crippen LogP contribution in [0.3, 0.4) is 0 Å². The van der Waals surface area contributed by atoms with Gasteiger partial charge >= 0.3 is 5.97 Å². The smallest absolute Gasteiger partial charge is 0.318 e. The predicted octanol–water partition coefficient (Wildman–Crippen LogP) is 3.11. The van der Waals surface area contributed by atoms with Crippen LogP contribution in [-0.4, -0.2) is 26.3 Å². The van der Waals surface area contributed by atoms with E-state index in [2.05, 4.69) is 0 Å². The van der Waals surface area contributed by atoms with Crippen LogP contribution in [0.4, 0.5) is 0 Å². The topological polar surface area (TPSA) is 44.8 Å². The van der Waals surface area contributed by atoms with Gasteiger partial charge in [0.15, 0.2) is 0 Å². The highest BCUT2D eigenvalue weighted by atomic mass is 16.6. The lowest BCUT2D eigenvalue weighted by atomic mass is 9.88. The quantitative estimate of drug-likeness (QED) is 0.639. The summed E-state index contributed by atoms with van der Waals surface area (Å²) >= 11 is 0. The molecule has 21 heavy (non-hydrogen) atoms. The van der Waals surface area contributed by atoms with Crippen molar-refractivity contribution in [3.05, 3.63) is 59.7 Å². The van der Waals surface area contributed by atoms with E-state index >= 15 is 0 Å². The molecule has 108 valence electrons. The molecule has 0 N–H and O–H groups in total. The van der Waals surface area contributed by atoms with E-state index in [0.29, 0.717) is 18.1 Å². The second kappa shape index (κ2) is 5.97. The third kappa shape index (κ3) is 2.62. The fourth-order valence-electron chi connectivity index (χ4n) is 2.47.